The molecule has 100 valence electrons. The molecule has 1 aromatic heterocycles. The number of benzene rings is 1. The molecule has 0 bridgehead atoms. The smallest absolute Gasteiger partial charge is 0.141 e. The lowest BCUT2D eigenvalue weighted by Crippen LogP contribution is -2.22. The summed E-state index contributed by atoms with van der Waals surface area (Å²) in [6.07, 6.45) is 2.92. The van der Waals surface area contributed by atoms with Gasteiger partial charge in [-0.2, -0.15) is 0 Å². The Hall–Kier alpha value is -1.74. The maximum atomic E-state index is 13.2. The van der Waals surface area contributed by atoms with Gasteiger partial charge in [0.15, 0.2) is 0 Å². The molecule has 2 aromatic rings. The highest BCUT2D eigenvalue weighted by atomic mass is 19.1. The lowest BCUT2D eigenvalue weighted by molar-refractivity contribution is 0.490. The summed E-state index contributed by atoms with van der Waals surface area (Å²) in [7, 11) is 0. The van der Waals surface area contributed by atoms with Crippen LogP contribution in [-0.2, 0) is 0 Å². The number of nitrogens with zero attached hydrogens (tertiary/aromatic N) is 1. The maximum Gasteiger partial charge on any atom is 0.141 e. The van der Waals surface area contributed by atoms with Crippen LogP contribution in [0.5, 0.6) is 0 Å². The van der Waals surface area contributed by atoms with E-state index in [0.29, 0.717) is 0 Å². The van der Waals surface area contributed by atoms with Crippen molar-refractivity contribution >= 4 is 0 Å². The number of rotatable bonds is 4. The Morgan fingerprint density at radius 2 is 1.79 bits per heavy atom. The van der Waals surface area contributed by atoms with Crippen molar-refractivity contribution in [2.24, 2.45) is 0 Å². The van der Waals surface area contributed by atoms with Crippen molar-refractivity contribution in [3.8, 4) is 0 Å². The molecular weight excluding hydrogens is 239 g/mol. The zero-order valence-electron chi connectivity index (χ0n) is 11.5. The van der Waals surface area contributed by atoms with Gasteiger partial charge in [0.25, 0.3) is 0 Å². The third-order valence-corrected chi connectivity index (χ3v) is 3.27. The van der Waals surface area contributed by atoms with E-state index in [1.807, 2.05) is 6.92 Å². The van der Waals surface area contributed by atoms with Crippen molar-refractivity contribution < 1.29 is 4.39 Å². The van der Waals surface area contributed by atoms with Crippen molar-refractivity contribution in [2.45, 2.75) is 32.9 Å². The van der Waals surface area contributed by atoms with E-state index in [1.165, 1.54) is 23.4 Å². The van der Waals surface area contributed by atoms with E-state index in [1.54, 1.807) is 6.20 Å². The molecule has 0 fully saturated rings. The number of hydrogen-bond acceptors (Lipinski definition) is 2. The number of hydrogen-bond donors (Lipinski definition) is 1. The average Bonchev–Trinajstić information content (AvgIpc) is 2.38. The van der Waals surface area contributed by atoms with Gasteiger partial charge in [0.05, 0.1) is 6.20 Å². The zero-order chi connectivity index (χ0) is 13.8. The minimum absolute atomic E-state index is 0.0544. The predicted molar refractivity (Wildman–Crippen MR) is 75.3 cm³/mol. The van der Waals surface area contributed by atoms with Gasteiger partial charge >= 0.3 is 0 Å². The van der Waals surface area contributed by atoms with Crippen LogP contribution in [0.3, 0.4) is 0 Å². The van der Waals surface area contributed by atoms with Gasteiger partial charge in [0.1, 0.15) is 5.82 Å². The highest BCUT2D eigenvalue weighted by Crippen LogP contribution is 2.19. The van der Waals surface area contributed by atoms with E-state index in [-0.39, 0.29) is 17.9 Å². The second-order valence-corrected chi connectivity index (χ2v) is 4.96. The van der Waals surface area contributed by atoms with Crippen LogP contribution in [-0.4, -0.2) is 4.98 Å². The van der Waals surface area contributed by atoms with Crippen LogP contribution in [0, 0.1) is 12.7 Å². The molecule has 0 aliphatic rings. The topological polar surface area (TPSA) is 24.9 Å². The molecule has 1 N–H and O–H groups in total. The first-order valence-electron chi connectivity index (χ1n) is 6.49. The summed E-state index contributed by atoms with van der Waals surface area (Å²) < 4.78 is 13.2. The molecule has 0 saturated carbocycles. The van der Waals surface area contributed by atoms with E-state index in [0.717, 1.165) is 5.56 Å². The van der Waals surface area contributed by atoms with Crippen LogP contribution >= 0.6 is 0 Å². The Morgan fingerprint density at radius 1 is 1.05 bits per heavy atom. The Bertz CT molecular complexity index is 504. The highest BCUT2D eigenvalue weighted by molar-refractivity contribution is 5.25. The second kappa shape index (κ2) is 5.93. The van der Waals surface area contributed by atoms with E-state index < -0.39 is 0 Å². The molecule has 2 rings (SSSR count). The fraction of sp³-hybridized carbons (Fsp3) is 0.312. The van der Waals surface area contributed by atoms with E-state index in [9.17, 15) is 4.39 Å². The van der Waals surface area contributed by atoms with Gasteiger partial charge in [0, 0.05) is 18.3 Å². The van der Waals surface area contributed by atoms with Gasteiger partial charge < -0.3 is 5.32 Å². The molecule has 0 saturated heterocycles. The lowest BCUT2D eigenvalue weighted by atomic mass is 10.0. The molecule has 1 heterocycles. The van der Waals surface area contributed by atoms with Gasteiger partial charge in [-0.15, -0.1) is 0 Å². The van der Waals surface area contributed by atoms with Gasteiger partial charge in [-0.25, -0.2) is 4.39 Å². The fourth-order valence-electron chi connectivity index (χ4n) is 2.17. The van der Waals surface area contributed by atoms with Gasteiger partial charge in [-0.1, -0.05) is 29.8 Å². The van der Waals surface area contributed by atoms with Crippen molar-refractivity contribution in [3.05, 3.63) is 65.2 Å². The van der Waals surface area contributed by atoms with E-state index in [2.05, 4.69) is 48.4 Å². The van der Waals surface area contributed by atoms with Gasteiger partial charge in [-0.3, -0.25) is 4.98 Å². The Labute approximate surface area is 113 Å². The SMILES string of the molecule is Cc1cccc([C@@H](C)NC(C)c2cncc(F)c2)c1. The average molecular weight is 258 g/mol. The molecule has 2 atom stereocenters. The zero-order valence-corrected chi connectivity index (χ0v) is 11.5. The second-order valence-electron chi connectivity index (χ2n) is 4.96. The van der Waals surface area contributed by atoms with Crippen molar-refractivity contribution in [2.75, 3.05) is 0 Å². The van der Waals surface area contributed by atoms with E-state index in [4.69, 9.17) is 0 Å². The molecule has 19 heavy (non-hydrogen) atoms. The third-order valence-electron chi connectivity index (χ3n) is 3.27. The normalized spacial score (nSPS) is 14.1. The van der Waals surface area contributed by atoms with E-state index >= 15 is 0 Å². The van der Waals surface area contributed by atoms with Crippen LogP contribution < -0.4 is 5.32 Å². The first-order chi connectivity index (χ1) is 9.06. The van der Waals surface area contributed by atoms with Crippen molar-refractivity contribution in [1.82, 2.24) is 10.3 Å². The number of halogens is 1. The Morgan fingerprint density at radius 3 is 2.47 bits per heavy atom. The quantitative estimate of drug-likeness (QED) is 0.898. The van der Waals surface area contributed by atoms with Gasteiger partial charge in [0.2, 0.25) is 0 Å². The summed E-state index contributed by atoms with van der Waals surface area (Å²) >= 11 is 0. The minimum atomic E-state index is -0.297. The minimum Gasteiger partial charge on any atom is -0.304 e. The largest absolute Gasteiger partial charge is 0.304 e. The summed E-state index contributed by atoms with van der Waals surface area (Å²) in [5, 5.41) is 3.46. The molecular formula is C16H19FN2. The molecule has 0 amide bonds. The number of aromatic nitrogens is 1. The van der Waals surface area contributed by atoms with Gasteiger partial charge in [-0.05, 0) is 38.0 Å². The standard InChI is InChI=1S/C16H19FN2/c1-11-5-4-6-14(7-11)12(2)19-13(3)15-8-16(17)10-18-9-15/h4-10,12-13,19H,1-3H3/t12-,13?/m1/s1. The van der Waals surface area contributed by atoms with Crippen molar-refractivity contribution in [3.63, 3.8) is 0 Å². The van der Waals surface area contributed by atoms with Crippen LogP contribution in [0.15, 0.2) is 42.7 Å². The maximum absolute atomic E-state index is 13.2. The molecule has 0 spiro atoms. The summed E-state index contributed by atoms with van der Waals surface area (Å²) in [5.74, 6) is -0.297. The first-order valence-corrected chi connectivity index (χ1v) is 6.49. The monoisotopic (exact) mass is 258 g/mol. The predicted octanol–water partition coefficient (Wildman–Crippen LogP) is 3.94. The van der Waals surface area contributed by atoms with Crippen LogP contribution in [0.4, 0.5) is 4.39 Å². The molecule has 0 radical (unpaired) electrons. The summed E-state index contributed by atoms with van der Waals surface area (Å²) in [5.41, 5.74) is 3.34. The van der Waals surface area contributed by atoms with Crippen molar-refractivity contribution in [1.29, 1.82) is 0 Å². The molecule has 1 aromatic carbocycles. The molecule has 0 aliphatic heterocycles. The summed E-state index contributed by atoms with van der Waals surface area (Å²) in [6, 6.07) is 10.2. The third kappa shape index (κ3) is 3.61. The van der Waals surface area contributed by atoms with Crippen LogP contribution in [0.25, 0.3) is 0 Å². The molecule has 2 nitrogen and oxygen atoms in total. The molecule has 0 aliphatic carbocycles. The first kappa shape index (κ1) is 13.7. The lowest BCUT2D eigenvalue weighted by Gasteiger charge is -2.21. The number of nitrogens with one attached hydrogen (secondary N) is 1. The van der Waals surface area contributed by atoms with Crippen LogP contribution in [0.1, 0.15) is 42.6 Å². The fourth-order valence-corrected chi connectivity index (χ4v) is 2.17. The molecule has 1 unspecified atom stereocenters. The Balaban J connectivity index is 2.08. The number of aryl methyl sites for hydroxylation is 1. The highest BCUT2D eigenvalue weighted by Gasteiger charge is 2.12. The summed E-state index contributed by atoms with van der Waals surface area (Å²) in [6.45, 7) is 6.21. The van der Waals surface area contributed by atoms with Crippen LogP contribution in [0.2, 0.25) is 0 Å². The Kier molecular flexibility index (Phi) is 4.27. The number of pyridine rings is 1. The molecule has 3 heteroatoms. The summed E-state index contributed by atoms with van der Waals surface area (Å²) in [4.78, 5) is 3.88.